The summed E-state index contributed by atoms with van der Waals surface area (Å²) < 4.78 is 5.55. The van der Waals surface area contributed by atoms with E-state index in [1.807, 2.05) is 60.7 Å². The summed E-state index contributed by atoms with van der Waals surface area (Å²) in [5.74, 6) is 0.265. The molecule has 1 aliphatic carbocycles. The lowest BCUT2D eigenvalue weighted by atomic mass is 9.98. The highest BCUT2D eigenvalue weighted by Gasteiger charge is 2.34. The Morgan fingerprint density at radius 1 is 0.892 bits per heavy atom. The minimum absolute atomic E-state index is 0.0736. The SMILES string of the molecule is CN1CCN(c2cc(C(=O)Cc3ccc([C@@H]4C[C@H]4N)cc3)ccc2CC(=O)OCc2ccccc2)CC1. The van der Waals surface area contributed by atoms with Crippen LogP contribution < -0.4 is 10.6 Å². The summed E-state index contributed by atoms with van der Waals surface area (Å²) in [6.07, 6.45) is 1.56. The van der Waals surface area contributed by atoms with E-state index < -0.39 is 0 Å². The second-order valence-electron chi connectivity index (χ2n) is 10.3. The molecule has 0 unspecified atom stereocenters. The number of hydrogen-bond donors (Lipinski definition) is 1. The number of benzene rings is 3. The highest BCUT2D eigenvalue weighted by molar-refractivity contribution is 5.98. The van der Waals surface area contributed by atoms with E-state index in [9.17, 15) is 9.59 Å². The summed E-state index contributed by atoms with van der Waals surface area (Å²) in [6, 6.07) is 24.0. The first-order valence-electron chi connectivity index (χ1n) is 13.1. The fourth-order valence-electron chi connectivity index (χ4n) is 4.94. The highest BCUT2D eigenvalue weighted by Crippen LogP contribution is 2.38. The van der Waals surface area contributed by atoms with Crippen LogP contribution in [0.2, 0.25) is 0 Å². The molecule has 5 rings (SSSR count). The topological polar surface area (TPSA) is 75.9 Å². The van der Waals surface area contributed by atoms with Gasteiger partial charge in [-0.05, 0) is 41.8 Å². The molecule has 0 aromatic heterocycles. The standard InChI is InChI=1S/C31H35N3O3/c1-33-13-15-34(16-14-33)29-18-26(30(35)17-22-7-9-24(10-8-22)27-20-28(27)32)12-11-25(29)19-31(36)37-21-23-5-3-2-4-6-23/h2-12,18,27-28H,13-17,19-21,32H2,1H3/t27-,28+/m0/s1. The number of esters is 1. The number of carbonyl (C=O) groups is 2. The van der Waals surface area contributed by atoms with Gasteiger partial charge in [0.2, 0.25) is 0 Å². The van der Waals surface area contributed by atoms with E-state index in [0.717, 1.165) is 55.0 Å². The first-order valence-corrected chi connectivity index (χ1v) is 13.1. The van der Waals surface area contributed by atoms with Crippen LogP contribution in [0.25, 0.3) is 0 Å². The van der Waals surface area contributed by atoms with Crippen molar-refractivity contribution < 1.29 is 14.3 Å². The molecule has 1 aliphatic heterocycles. The van der Waals surface area contributed by atoms with Gasteiger partial charge in [-0.3, -0.25) is 9.59 Å². The Bertz CT molecular complexity index is 1230. The predicted octanol–water partition coefficient (Wildman–Crippen LogP) is 3.96. The molecule has 2 N–H and O–H groups in total. The average Bonchev–Trinajstić information content (AvgIpc) is 3.65. The molecular weight excluding hydrogens is 462 g/mol. The summed E-state index contributed by atoms with van der Waals surface area (Å²) in [5.41, 5.74) is 11.7. The average molecular weight is 498 g/mol. The van der Waals surface area contributed by atoms with Gasteiger partial charge >= 0.3 is 5.97 Å². The molecule has 1 saturated carbocycles. The van der Waals surface area contributed by atoms with Crippen LogP contribution in [0, 0.1) is 0 Å². The minimum atomic E-state index is -0.270. The van der Waals surface area contributed by atoms with Gasteiger partial charge in [0.15, 0.2) is 5.78 Å². The zero-order chi connectivity index (χ0) is 25.8. The third-order valence-corrected chi connectivity index (χ3v) is 7.44. The van der Waals surface area contributed by atoms with Crippen LogP contribution in [0.5, 0.6) is 0 Å². The zero-order valence-corrected chi connectivity index (χ0v) is 21.4. The molecule has 3 aromatic rings. The Labute approximate surface area is 219 Å². The predicted molar refractivity (Wildman–Crippen MR) is 146 cm³/mol. The summed E-state index contributed by atoms with van der Waals surface area (Å²) in [5, 5.41) is 0. The third-order valence-electron chi connectivity index (χ3n) is 7.44. The van der Waals surface area contributed by atoms with Crippen LogP contribution in [0.1, 0.15) is 45.0 Å². The van der Waals surface area contributed by atoms with E-state index in [2.05, 4.69) is 29.0 Å². The van der Waals surface area contributed by atoms with Crippen molar-refractivity contribution in [2.24, 2.45) is 5.73 Å². The normalized spacial score (nSPS) is 19.5. The lowest BCUT2D eigenvalue weighted by molar-refractivity contribution is -0.144. The van der Waals surface area contributed by atoms with Crippen LogP contribution in [0.3, 0.4) is 0 Å². The van der Waals surface area contributed by atoms with E-state index in [1.54, 1.807) is 0 Å². The maximum atomic E-state index is 13.2. The summed E-state index contributed by atoms with van der Waals surface area (Å²) in [4.78, 5) is 30.5. The Morgan fingerprint density at radius 3 is 2.27 bits per heavy atom. The fourth-order valence-corrected chi connectivity index (χ4v) is 4.94. The van der Waals surface area contributed by atoms with Gasteiger partial charge in [-0.1, -0.05) is 66.7 Å². The maximum absolute atomic E-state index is 13.2. The molecule has 2 atom stereocenters. The van der Waals surface area contributed by atoms with Crippen molar-refractivity contribution in [3.63, 3.8) is 0 Å². The number of anilines is 1. The monoisotopic (exact) mass is 497 g/mol. The molecule has 1 saturated heterocycles. The molecule has 2 aliphatic rings. The molecular formula is C31H35N3O3. The Hall–Kier alpha value is -3.48. The molecule has 6 nitrogen and oxygen atoms in total. The molecule has 1 heterocycles. The molecule has 0 radical (unpaired) electrons. The van der Waals surface area contributed by atoms with Crippen LogP contribution in [0.4, 0.5) is 5.69 Å². The van der Waals surface area contributed by atoms with Gasteiger partial charge in [0.05, 0.1) is 6.42 Å². The fraction of sp³-hybridized carbons (Fsp3) is 0.355. The summed E-state index contributed by atoms with van der Waals surface area (Å²) >= 11 is 0. The number of rotatable bonds is 9. The van der Waals surface area contributed by atoms with Crippen LogP contribution >= 0.6 is 0 Å². The molecule has 2 fully saturated rings. The van der Waals surface area contributed by atoms with Gasteiger partial charge in [0.25, 0.3) is 0 Å². The van der Waals surface area contributed by atoms with Crippen molar-refractivity contribution >= 4 is 17.4 Å². The van der Waals surface area contributed by atoms with Gasteiger partial charge < -0.3 is 20.3 Å². The number of nitrogens with two attached hydrogens (primary N) is 1. The smallest absolute Gasteiger partial charge is 0.310 e. The zero-order valence-electron chi connectivity index (χ0n) is 21.4. The van der Waals surface area contributed by atoms with Crippen LogP contribution in [0.15, 0.2) is 72.8 Å². The number of carbonyl (C=O) groups excluding carboxylic acids is 2. The van der Waals surface area contributed by atoms with E-state index in [-0.39, 0.29) is 30.8 Å². The quantitative estimate of drug-likeness (QED) is 0.356. The third kappa shape index (κ3) is 6.45. The Kier molecular flexibility index (Phi) is 7.68. The molecule has 0 amide bonds. The summed E-state index contributed by atoms with van der Waals surface area (Å²) in [7, 11) is 2.11. The van der Waals surface area contributed by atoms with Gasteiger partial charge in [-0.25, -0.2) is 0 Å². The van der Waals surface area contributed by atoms with Crippen molar-refractivity contribution in [1.82, 2.24) is 4.90 Å². The number of likely N-dealkylation sites (N-methyl/N-ethyl adjacent to an activating group) is 1. The van der Waals surface area contributed by atoms with Crippen molar-refractivity contribution in [1.29, 1.82) is 0 Å². The van der Waals surface area contributed by atoms with Crippen molar-refractivity contribution in [3.05, 3.63) is 101 Å². The first kappa shape index (κ1) is 25.2. The number of ether oxygens (including phenoxy) is 1. The van der Waals surface area contributed by atoms with E-state index in [4.69, 9.17) is 10.5 Å². The van der Waals surface area contributed by atoms with Gasteiger partial charge in [-0.15, -0.1) is 0 Å². The molecule has 0 bridgehead atoms. The largest absolute Gasteiger partial charge is 0.461 e. The van der Waals surface area contributed by atoms with Gasteiger partial charge in [0, 0.05) is 55.8 Å². The second-order valence-corrected chi connectivity index (χ2v) is 10.3. The Balaban J connectivity index is 1.29. The lowest BCUT2D eigenvalue weighted by Crippen LogP contribution is -2.45. The second kappa shape index (κ2) is 11.3. The number of ketones is 1. The molecule has 37 heavy (non-hydrogen) atoms. The van der Waals surface area contributed by atoms with Crippen molar-refractivity contribution in [2.75, 3.05) is 38.1 Å². The molecule has 0 spiro atoms. The maximum Gasteiger partial charge on any atom is 0.310 e. The van der Waals surface area contributed by atoms with Crippen LogP contribution in [-0.2, 0) is 29.0 Å². The highest BCUT2D eigenvalue weighted by atomic mass is 16.5. The Morgan fingerprint density at radius 2 is 1.59 bits per heavy atom. The molecule has 3 aromatic carbocycles. The lowest BCUT2D eigenvalue weighted by Gasteiger charge is -2.35. The van der Waals surface area contributed by atoms with Gasteiger partial charge in [0.1, 0.15) is 6.61 Å². The molecule has 6 heteroatoms. The van der Waals surface area contributed by atoms with E-state index in [0.29, 0.717) is 17.9 Å². The first-order chi connectivity index (χ1) is 18.0. The van der Waals surface area contributed by atoms with Crippen LogP contribution in [-0.4, -0.2) is 55.9 Å². The number of piperazine rings is 1. The van der Waals surface area contributed by atoms with Crippen molar-refractivity contribution in [3.8, 4) is 0 Å². The molecule has 192 valence electrons. The summed E-state index contributed by atoms with van der Waals surface area (Å²) in [6.45, 7) is 3.83. The van der Waals surface area contributed by atoms with E-state index >= 15 is 0 Å². The number of hydrogen-bond acceptors (Lipinski definition) is 6. The van der Waals surface area contributed by atoms with E-state index in [1.165, 1.54) is 5.56 Å². The minimum Gasteiger partial charge on any atom is -0.461 e. The van der Waals surface area contributed by atoms with Gasteiger partial charge in [-0.2, -0.15) is 0 Å². The van der Waals surface area contributed by atoms with Crippen molar-refractivity contribution in [2.45, 2.75) is 37.8 Å². The number of Topliss-reactive ketones (excluding diaryl/α,β-unsaturated/α-hetero) is 1. The number of nitrogens with zero attached hydrogens (tertiary/aromatic N) is 2.